The van der Waals surface area contributed by atoms with Crippen molar-refractivity contribution < 1.29 is 4.79 Å². The predicted octanol–water partition coefficient (Wildman–Crippen LogP) is 6.15. The van der Waals surface area contributed by atoms with Gasteiger partial charge in [-0.3, -0.25) is 4.79 Å². The van der Waals surface area contributed by atoms with Crippen LogP contribution in [0.25, 0.3) is 11.3 Å². The Morgan fingerprint density at radius 2 is 1.80 bits per heavy atom. The van der Waals surface area contributed by atoms with Gasteiger partial charge in [-0.2, -0.15) is 0 Å². The summed E-state index contributed by atoms with van der Waals surface area (Å²) in [5.74, 6) is 0.0386. The van der Waals surface area contributed by atoms with E-state index in [1.54, 1.807) is 11.3 Å². The van der Waals surface area contributed by atoms with E-state index in [0.29, 0.717) is 12.5 Å². The minimum absolute atomic E-state index is 0.0386. The molecule has 1 aliphatic rings. The van der Waals surface area contributed by atoms with Crippen LogP contribution in [0.15, 0.2) is 60.0 Å². The van der Waals surface area contributed by atoms with E-state index < -0.39 is 0 Å². The number of aromatic nitrogens is 1. The highest BCUT2D eigenvalue weighted by Gasteiger charge is 2.20. The van der Waals surface area contributed by atoms with Crippen LogP contribution in [-0.4, -0.2) is 24.0 Å². The van der Waals surface area contributed by atoms with Crippen molar-refractivity contribution in [2.24, 2.45) is 0 Å². The van der Waals surface area contributed by atoms with Crippen molar-refractivity contribution in [1.29, 1.82) is 0 Å². The van der Waals surface area contributed by atoms with Crippen LogP contribution in [-0.2, 0) is 11.2 Å². The fourth-order valence-corrected chi connectivity index (χ4v) is 4.91. The van der Waals surface area contributed by atoms with Crippen molar-refractivity contribution in [1.82, 2.24) is 4.98 Å². The van der Waals surface area contributed by atoms with Crippen molar-refractivity contribution >= 4 is 28.1 Å². The average molecular weight is 420 g/mol. The zero-order valence-corrected chi connectivity index (χ0v) is 18.3. The van der Waals surface area contributed by atoms with Crippen LogP contribution in [0.2, 0.25) is 0 Å². The number of nitrogens with zero attached hydrogens (tertiary/aromatic N) is 2. The number of hydrogen-bond donors (Lipinski definition) is 1. The van der Waals surface area contributed by atoms with Crippen LogP contribution in [0.3, 0.4) is 0 Å². The number of benzene rings is 2. The summed E-state index contributed by atoms with van der Waals surface area (Å²) in [6.45, 7) is 0. The SMILES string of the molecule is CN(c1nc(-c2ccc(NC(=O)CCc3ccccc3)cc2)cs1)C1CCCCC1. The van der Waals surface area contributed by atoms with E-state index in [0.717, 1.165) is 28.5 Å². The van der Waals surface area contributed by atoms with Gasteiger partial charge in [0.05, 0.1) is 5.69 Å². The van der Waals surface area contributed by atoms with Gasteiger partial charge < -0.3 is 10.2 Å². The molecule has 1 amide bonds. The number of anilines is 2. The maximum atomic E-state index is 12.2. The number of aryl methyl sites for hydroxylation is 1. The molecule has 0 spiro atoms. The van der Waals surface area contributed by atoms with Crippen molar-refractivity contribution in [3.8, 4) is 11.3 Å². The molecule has 1 aromatic heterocycles. The summed E-state index contributed by atoms with van der Waals surface area (Å²) in [6, 6.07) is 18.7. The minimum atomic E-state index is 0.0386. The second-order valence-corrected chi connectivity index (χ2v) is 8.87. The summed E-state index contributed by atoms with van der Waals surface area (Å²) < 4.78 is 0. The molecule has 5 heteroatoms. The molecule has 156 valence electrons. The number of amides is 1. The summed E-state index contributed by atoms with van der Waals surface area (Å²) in [7, 11) is 2.17. The number of carbonyl (C=O) groups is 1. The van der Waals surface area contributed by atoms with Crippen molar-refractivity contribution in [2.75, 3.05) is 17.3 Å². The number of nitrogens with one attached hydrogen (secondary N) is 1. The Hall–Kier alpha value is -2.66. The van der Waals surface area contributed by atoms with Gasteiger partial charge >= 0.3 is 0 Å². The molecule has 4 nitrogen and oxygen atoms in total. The lowest BCUT2D eigenvalue weighted by molar-refractivity contribution is -0.116. The van der Waals surface area contributed by atoms with Gasteiger partial charge in [0.1, 0.15) is 0 Å². The molecule has 2 aromatic carbocycles. The Morgan fingerprint density at radius 1 is 1.07 bits per heavy atom. The van der Waals surface area contributed by atoms with Gasteiger partial charge in [-0.1, -0.05) is 61.7 Å². The fraction of sp³-hybridized carbons (Fsp3) is 0.360. The van der Waals surface area contributed by atoms with Gasteiger partial charge in [0.15, 0.2) is 5.13 Å². The smallest absolute Gasteiger partial charge is 0.224 e. The lowest BCUT2D eigenvalue weighted by atomic mass is 9.95. The summed E-state index contributed by atoms with van der Waals surface area (Å²) in [5, 5.41) is 6.21. The quantitative estimate of drug-likeness (QED) is 0.499. The molecule has 0 atom stereocenters. The zero-order chi connectivity index (χ0) is 20.8. The third-order valence-corrected chi connectivity index (χ3v) is 6.80. The second kappa shape index (κ2) is 9.90. The van der Waals surface area contributed by atoms with Gasteiger partial charge in [-0.25, -0.2) is 4.98 Å². The highest BCUT2D eigenvalue weighted by atomic mass is 32.1. The minimum Gasteiger partial charge on any atom is -0.348 e. The monoisotopic (exact) mass is 419 g/mol. The second-order valence-electron chi connectivity index (χ2n) is 8.03. The van der Waals surface area contributed by atoms with Gasteiger partial charge in [-0.15, -0.1) is 11.3 Å². The van der Waals surface area contributed by atoms with Gasteiger partial charge in [-0.05, 0) is 37.0 Å². The van der Waals surface area contributed by atoms with E-state index in [-0.39, 0.29) is 5.91 Å². The number of carbonyl (C=O) groups excluding carboxylic acids is 1. The highest BCUT2D eigenvalue weighted by Crippen LogP contribution is 2.31. The highest BCUT2D eigenvalue weighted by molar-refractivity contribution is 7.14. The lowest BCUT2D eigenvalue weighted by Gasteiger charge is -2.30. The molecule has 0 radical (unpaired) electrons. The maximum Gasteiger partial charge on any atom is 0.224 e. The molecule has 0 aliphatic heterocycles. The van der Waals surface area contributed by atoms with Gasteiger partial charge in [0, 0.05) is 36.1 Å². The molecule has 0 bridgehead atoms. The van der Waals surface area contributed by atoms with Crippen LogP contribution < -0.4 is 10.2 Å². The molecule has 4 rings (SSSR count). The fourth-order valence-electron chi connectivity index (χ4n) is 4.03. The predicted molar refractivity (Wildman–Crippen MR) is 126 cm³/mol. The standard InChI is InChI=1S/C25H29N3OS/c1-28(22-10-6-3-7-11-22)25-27-23(18-30-25)20-13-15-21(16-14-20)26-24(29)17-12-19-8-4-2-5-9-19/h2,4-5,8-9,13-16,18,22H,3,6-7,10-12,17H2,1H3,(H,26,29). The molecule has 3 aromatic rings. The summed E-state index contributed by atoms with van der Waals surface area (Å²) >= 11 is 1.71. The first-order chi connectivity index (χ1) is 14.7. The van der Waals surface area contributed by atoms with E-state index in [4.69, 9.17) is 4.98 Å². The lowest BCUT2D eigenvalue weighted by Crippen LogP contribution is -2.33. The molecular weight excluding hydrogens is 390 g/mol. The van der Waals surface area contributed by atoms with Crippen LogP contribution in [0.4, 0.5) is 10.8 Å². The van der Waals surface area contributed by atoms with Crippen LogP contribution in [0, 0.1) is 0 Å². The number of hydrogen-bond acceptors (Lipinski definition) is 4. The molecule has 1 heterocycles. The van der Waals surface area contributed by atoms with Crippen LogP contribution >= 0.6 is 11.3 Å². The third-order valence-electron chi connectivity index (χ3n) is 5.86. The Bertz CT molecular complexity index is 946. The molecule has 1 aliphatic carbocycles. The topological polar surface area (TPSA) is 45.2 Å². The average Bonchev–Trinajstić information content (AvgIpc) is 3.29. The maximum absolute atomic E-state index is 12.2. The normalized spacial score (nSPS) is 14.4. The summed E-state index contributed by atoms with van der Waals surface area (Å²) in [5.41, 5.74) is 4.09. The third kappa shape index (κ3) is 5.28. The molecule has 1 fully saturated rings. The van der Waals surface area contributed by atoms with Crippen LogP contribution in [0.1, 0.15) is 44.1 Å². The van der Waals surface area contributed by atoms with E-state index in [1.165, 1.54) is 37.7 Å². The molecule has 1 saturated carbocycles. The molecule has 30 heavy (non-hydrogen) atoms. The van der Waals surface area contributed by atoms with Crippen LogP contribution in [0.5, 0.6) is 0 Å². The first-order valence-electron chi connectivity index (χ1n) is 10.8. The Balaban J connectivity index is 1.33. The summed E-state index contributed by atoms with van der Waals surface area (Å²) in [4.78, 5) is 19.5. The number of rotatable bonds is 7. The van der Waals surface area contributed by atoms with E-state index in [1.807, 2.05) is 42.5 Å². The zero-order valence-electron chi connectivity index (χ0n) is 17.5. The summed E-state index contributed by atoms with van der Waals surface area (Å²) in [6.07, 6.45) is 7.78. The first kappa shape index (κ1) is 20.6. The van der Waals surface area contributed by atoms with Gasteiger partial charge in [0.2, 0.25) is 5.91 Å². The van der Waals surface area contributed by atoms with E-state index >= 15 is 0 Å². The number of thiazole rings is 1. The van der Waals surface area contributed by atoms with Gasteiger partial charge in [0.25, 0.3) is 0 Å². The first-order valence-corrected chi connectivity index (χ1v) is 11.7. The Kier molecular flexibility index (Phi) is 6.80. The molecule has 0 saturated heterocycles. The molecular formula is C25H29N3OS. The Morgan fingerprint density at radius 3 is 2.53 bits per heavy atom. The van der Waals surface area contributed by atoms with E-state index in [2.05, 4.69) is 34.8 Å². The van der Waals surface area contributed by atoms with Crippen molar-refractivity contribution in [3.05, 3.63) is 65.5 Å². The largest absolute Gasteiger partial charge is 0.348 e. The van der Waals surface area contributed by atoms with Crippen molar-refractivity contribution in [3.63, 3.8) is 0 Å². The Labute approximate surface area is 183 Å². The van der Waals surface area contributed by atoms with E-state index in [9.17, 15) is 4.79 Å². The molecule has 0 unspecified atom stereocenters. The van der Waals surface area contributed by atoms with Crippen molar-refractivity contribution in [2.45, 2.75) is 51.0 Å². The molecule has 1 N–H and O–H groups in total.